The zero-order valence-electron chi connectivity index (χ0n) is 15.3. The Morgan fingerprint density at radius 1 is 0.962 bits per heavy atom. The number of hydrogen-bond acceptors (Lipinski definition) is 4. The third kappa shape index (κ3) is 3.49. The van der Waals surface area contributed by atoms with Gasteiger partial charge in [0.1, 0.15) is 5.75 Å². The molecule has 0 aliphatic rings. The number of nitrogens with two attached hydrogens (primary N) is 1. The zero-order chi connectivity index (χ0) is 18.1. The van der Waals surface area contributed by atoms with E-state index >= 15 is 0 Å². The Kier molecular flexibility index (Phi) is 6.14. The van der Waals surface area contributed by atoms with Crippen molar-refractivity contribution >= 4 is 5.69 Å². The molecule has 0 aromatic heterocycles. The Morgan fingerprint density at radius 2 is 1.62 bits per heavy atom. The molecule has 0 saturated heterocycles. The molecule has 0 aliphatic carbocycles. The SMILES string of the molecule is Cc1ccc(OCC(C)c2ccccc2)c(C)c1-c1c(N)c(=O)c1=O.[Zn]. The van der Waals surface area contributed by atoms with Gasteiger partial charge in [-0.25, -0.2) is 0 Å². The fourth-order valence-electron chi connectivity index (χ4n) is 3.12. The Morgan fingerprint density at radius 3 is 2.23 bits per heavy atom. The van der Waals surface area contributed by atoms with Crippen LogP contribution in [0.2, 0.25) is 0 Å². The molecule has 3 aromatic rings. The largest absolute Gasteiger partial charge is 0.493 e. The van der Waals surface area contributed by atoms with Crippen molar-refractivity contribution in [1.29, 1.82) is 0 Å². The van der Waals surface area contributed by atoms with Gasteiger partial charge >= 0.3 is 0 Å². The first-order valence-electron chi connectivity index (χ1n) is 8.29. The van der Waals surface area contributed by atoms with E-state index in [1.807, 2.05) is 44.2 Å². The summed E-state index contributed by atoms with van der Waals surface area (Å²) < 4.78 is 6.01. The van der Waals surface area contributed by atoms with Crippen LogP contribution in [0.4, 0.5) is 5.69 Å². The van der Waals surface area contributed by atoms with E-state index in [-0.39, 0.29) is 31.1 Å². The minimum atomic E-state index is -0.599. The molecule has 0 saturated carbocycles. The van der Waals surface area contributed by atoms with Crippen molar-refractivity contribution in [2.24, 2.45) is 0 Å². The van der Waals surface area contributed by atoms with Crippen molar-refractivity contribution < 1.29 is 24.2 Å². The van der Waals surface area contributed by atoms with E-state index < -0.39 is 10.9 Å². The molecule has 3 aromatic carbocycles. The number of rotatable bonds is 5. The van der Waals surface area contributed by atoms with Crippen LogP contribution >= 0.6 is 0 Å². The summed E-state index contributed by atoms with van der Waals surface area (Å²) in [6, 6.07) is 13.9. The van der Waals surface area contributed by atoms with Crippen molar-refractivity contribution in [3.63, 3.8) is 0 Å². The molecule has 0 spiro atoms. The van der Waals surface area contributed by atoms with Gasteiger partial charge in [-0.05, 0) is 42.2 Å². The van der Waals surface area contributed by atoms with Crippen molar-refractivity contribution in [1.82, 2.24) is 0 Å². The maximum absolute atomic E-state index is 11.9. The van der Waals surface area contributed by atoms with Crippen LogP contribution in [-0.2, 0) is 19.5 Å². The molecular weight excluding hydrogens is 380 g/mol. The van der Waals surface area contributed by atoms with Crippen LogP contribution in [0.1, 0.15) is 29.5 Å². The smallest absolute Gasteiger partial charge is 0.249 e. The average molecular weight is 401 g/mol. The van der Waals surface area contributed by atoms with Crippen LogP contribution in [0, 0.1) is 13.8 Å². The molecule has 0 radical (unpaired) electrons. The van der Waals surface area contributed by atoms with Crippen LogP contribution in [0.25, 0.3) is 11.1 Å². The van der Waals surface area contributed by atoms with Crippen LogP contribution < -0.4 is 21.3 Å². The quantitative estimate of drug-likeness (QED) is 0.527. The summed E-state index contributed by atoms with van der Waals surface area (Å²) in [4.78, 5) is 23.4. The number of ether oxygens (including phenoxy) is 1. The van der Waals surface area contributed by atoms with Gasteiger partial charge in [0.2, 0.25) is 10.9 Å². The second kappa shape index (κ2) is 7.96. The van der Waals surface area contributed by atoms with E-state index in [1.165, 1.54) is 5.56 Å². The molecule has 4 nitrogen and oxygen atoms in total. The van der Waals surface area contributed by atoms with Gasteiger partial charge in [-0.15, -0.1) is 0 Å². The standard InChI is InChI=1S/C21H21NO3.Zn/c1-12-9-10-16(25-11-13(2)15-7-5-4-6-8-15)14(3)17(12)18-19(22)21(24)20(18)23;/h4-10,13H,11,22H2,1-3H3;. The first-order chi connectivity index (χ1) is 11.9. The zero-order valence-corrected chi connectivity index (χ0v) is 18.3. The van der Waals surface area contributed by atoms with Crippen molar-refractivity contribution in [3.8, 4) is 16.9 Å². The van der Waals surface area contributed by atoms with Crippen LogP contribution in [-0.4, -0.2) is 6.61 Å². The van der Waals surface area contributed by atoms with E-state index in [1.54, 1.807) is 0 Å². The molecule has 26 heavy (non-hydrogen) atoms. The van der Waals surface area contributed by atoms with E-state index in [9.17, 15) is 9.59 Å². The van der Waals surface area contributed by atoms with Gasteiger partial charge in [0.05, 0.1) is 17.9 Å². The Balaban J connectivity index is 0.00000243. The molecule has 0 fully saturated rings. The molecule has 1 atom stereocenters. The molecule has 2 N–H and O–H groups in total. The monoisotopic (exact) mass is 399 g/mol. The third-order valence-corrected chi connectivity index (χ3v) is 4.68. The van der Waals surface area contributed by atoms with Crippen molar-refractivity contribution in [2.75, 3.05) is 12.3 Å². The number of nitrogen functional groups attached to an aromatic ring is 1. The number of hydrogen-bond donors (Lipinski definition) is 1. The van der Waals surface area contributed by atoms with Gasteiger partial charge in [-0.1, -0.05) is 43.3 Å². The summed E-state index contributed by atoms with van der Waals surface area (Å²) >= 11 is 0. The summed E-state index contributed by atoms with van der Waals surface area (Å²) in [7, 11) is 0. The van der Waals surface area contributed by atoms with Gasteiger partial charge in [-0.2, -0.15) is 0 Å². The van der Waals surface area contributed by atoms with Crippen molar-refractivity contribution in [3.05, 3.63) is 79.6 Å². The normalized spacial score (nSPS) is 11.8. The first kappa shape index (κ1) is 20.1. The summed E-state index contributed by atoms with van der Waals surface area (Å²) in [6.45, 7) is 6.42. The molecular formula is C21H21NO3Zn. The van der Waals surface area contributed by atoms with Gasteiger partial charge in [0.15, 0.2) is 0 Å². The maximum Gasteiger partial charge on any atom is 0.249 e. The molecule has 0 heterocycles. The van der Waals surface area contributed by atoms with Crippen LogP contribution in [0.3, 0.4) is 0 Å². The maximum atomic E-state index is 11.9. The second-order valence-corrected chi connectivity index (χ2v) is 6.45. The molecule has 0 aliphatic heterocycles. The van der Waals surface area contributed by atoms with Gasteiger partial charge < -0.3 is 10.5 Å². The predicted molar refractivity (Wildman–Crippen MR) is 101 cm³/mol. The van der Waals surface area contributed by atoms with Crippen molar-refractivity contribution in [2.45, 2.75) is 26.7 Å². The first-order valence-corrected chi connectivity index (χ1v) is 8.29. The van der Waals surface area contributed by atoms with Gasteiger partial charge in [-0.3, -0.25) is 9.59 Å². The molecule has 0 amide bonds. The number of aryl methyl sites for hydroxylation is 1. The van der Waals surface area contributed by atoms with E-state index in [0.29, 0.717) is 23.5 Å². The van der Waals surface area contributed by atoms with Crippen LogP contribution in [0.5, 0.6) is 5.75 Å². The molecule has 3 rings (SSSR count). The van der Waals surface area contributed by atoms with E-state index in [4.69, 9.17) is 10.5 Å². The Hall–Kier alpha value is -2.26. The summed E-state index contributed by atoms with van der Waals surface area (Å²) in [5.41, 5.74) is 8.65. The summed E-state index contributed by atoms with van der Waals surface area (Å²) in [5, 5.41) is 0. The fraction of sp³-hybridized carbons (Fsp3) is 0.238. The molecule has 5 heteroatoms. The third-order valence-electron chi connectivity index (χ3n) is 4.68. The topological polar surface area (TPSA) is 69.4 Å². The molecule has 130 valence electrons. The number of anilines is 1. The average Bonchev–Trinajstić information content (AvgIpc) is 2.64. The Labute approximate surface area is 165 Å². The fourth-order valence-corrected chi connectivity index (χ4v) is 3.12. The minimum absolute atomic E-state index is 0. The Bertz CT molecular complexity index is 989. The summed E-state index contributed by atoms with van der Waals surface area (Å²) in [5.74, 6) is 0.942. The molecule has 0 bridgehead atoms. The van der Waals surface area contributed by atoms with E-state index in [0.717, 1.165) is 11.1 Å². The molecule has 1 unspecified atom stereocenters. The minimum Gasteiger partial charge on any atom is -0.493 e. The second-order valence-electron chi connectivity index (χ2n) is 6.45. The van der Waals surface area contributed by atoms with Crippen LogP contribution in [0.15, 0.2) is 52.1 Å². The summed E-state index contributed by atoms with van der Waals surface area (Å²) in [6.07, 6.45) is 0. The predicted octanol–water partition coefficient (Wildman–Crippen LogP) is 3.33. The number of benzene rings is 2. The van der Waals surface area contributed by atoms with Gasteiger partial charge in [0, 0.05) is 25.4 Å². The van der Waals surface area contributed by atoms with E-state index in [2.05, 4.69) is 19.1 Å². The van der Waals surface area contributed by atoms with Gasteiger partial charge in [0.25, 0.3) is 0 Å².